The van der Waals surface area contributed by atoms with Crippen molar-refractivity contribution in [3.8, 4) is 22.3 Å². The summed E-state index contributed by atoms with van der Waals surface area (Å²) in [5, 5.41) is 7.64. The number of nitrogens with one attached hydrogen (secondary N) is 2. The fourth-order valence-corrected chi connectivity index (χ4v) is 10.5. The van der Waals surface area contributed by atoms with Crippen LogP contribution in [0.1, 0.15) is 72.9 Å². The van der Waals surface area contributed by atoms with Crippen molar-refractivity contribution in [1.29, 1.82) is 0 Å². The van der Waals surface area contributed by atoms with Gasteiger partial charge in [-0.25, -0.2) is 0 Å². The molecular weight excluding hydrogens is 813 g/mol. The summed E-state index contributed by atoms with van der Waals surface area (Å²) in [7, 11) is 0. The number of hydrogen-bond donors (Lipinski definition) is 2. The normalized spacial score (nSPS) is 11.2. The second-order valence-electron chi connectivity index (χ2n) is 16.3. The fraction of sp³-hybridized carbons (Fsp3) is 0.167. The minimum atomic E-state index is 0.932. The van der Waals surface area contributed by atoms with Crippen molar-refractivity contribution in [2.75, 3.05) is 10.6 Å². The number of aryl methyl sites for hydroxylation is 2. The van der Waals surface area contributed by atoms with Gasteiger partial charge in [0.2, 0.25) is 0 Å². The summed E-state index contributed by atoms with van der Waals surface area (Å²) in [6.07, 6.45) is 11.2. The van der Waals surface area contributed by atoms with Crippen LogP contribution in [0.3, 0.4) is 0 Å². The average Bonchev–Trinajstić information content (AvgIpc) is 3.35. The summed E-state index contributed by atoms with van der Waals surface area (Å²) in [5.41, 5.74) is 17.3. The third-order valence-electron chi connectivity index (χ3n) is 11.5. The van der Waals surface area contributed by atoms with Gasteiger partial charge in [-0.3, -0.25) is 0 Å². The zero-order valence-corrected chi connectivity index (χ0v) is 38.7. The maximum absolute atomic E-state index is 3.82. The highest BCUT2D eigenvalue weighted by atomic mass is 32.2. The van der Waals surface area contributed by atoms with E-state index in [4.69, 9.17) is 0 Å². The summed E-state index contributed by atoms with van der Waals surface area (Å²) in [6, 6.07) is 70.1. The van der Waals surface area contributed by atoms with E-state index >= 15 is 0 Å². The lowest BCUT2D eigenvalue weighted by Crippen LogP contribution is -2.00. The predicted octanol–water partition coefficient (Wildman–Crippen LogP) is 17.9. The molecule has 0 amide bonds. The molecule has 0 spiro atoms. The summed E-state index contributed by atoms with van der Waals surface area (Å²) < 4.78 is 0. The molecule has 0 saturated heterocycles. The zero-order valence-electron chi connectivity index (χ0n) is 37.1. The predicted molar refractivity (Wildman–Crippen MR) is 281 cm³/mol. The zero-order chi connectivity index (χ0) is 43.8. The molecule has 0 unspecified atom stereocenters. The highest BCUT2D eigenvalue weighted by Gasteiger charge is 2.18. The van der Waals surface area contributed by atoms with Gasteiger partial charge in [0.05, 0.1) is 0 Å². The van der Waals surface area contributed by atoms with Crippen molar-refractivity contribution in [1.82, 2.24) is 0 Å². The Balaban J connectivity index is 0.994. The van der Waals surface area contributed by atoms with Crippen LogP contribution >= 0.6 is 23.5 Å². The summed E-state index contributed by atoms with van der Waals surface area (Å²) in [6.45, 7) is 4.55. The van der Waals surface area contributed by atoms with Crippen LogP contribution in [0, 0.1) is 0 Å². The monoisotopic (exact) mass is 870 g/mol. The van der Waals surface area contributed by atoms with E-state index in [0.717, 1.165) is 58.2 Å². The molecule has 0 radical (unpaired) electrons. The van der Waals surface area contributed by atoms with E-state index in [1.807, 2.05) is 23.5 Å². The van der Waals surface area contributed by atoms with Crippen LogP contribution in [0.5, 0.6) is 0 Å². The Kier molecular flexibility index (Phi) is 15.9. The van der Waals surface area contributed by atoms with Gasteiger partial charge in [0.25, 0.3) is 0 Å². The number of rotatable bonds is 20. The van der Waals surface area contributed by atoms with E-state index in [-0.39, 0.29) is 0 Å². The molecule has 0 aromatic heterocycles. The van der Waals surface area contributed by atoms with E-state index < -0.39 is 0 Å². The molecule has 0 aliphatic carbocycles. The molecule has 0 fully saturated rings. The Labute approximate surface area is 390 Å². The van der Waals surface area contributed by atoms with Gasteiger partial charge in [-0.05, 0) is 107 Å². The molecular formula is C60H58N2S2. The third-order valence-corrected chi connectivity index (χ3v) is 14.0. The molecule has 0 saturated carbocycles. The van der Waals surface area contributed by atoms with E-state index in [9.17, 15) is 0 Å². The van der Waals surface area contributed by atoms with E-state index in [2.05, 4.69) is 231 Å². The van der Waals surface area contributed by atoms with Crippen LogP contribution in [-0.4, -0.2) is 0 Å². The molecule has 4 heteroatoms. The van der Waals surface area contributed by atoms with Gasteiger partial charge < -0.3 is 10.6 Å². The van der Waals surface area contributed by atoms with Gasteiger partial charge in [-0.2, -0.15) is 0 Å². The smallest absolute Gasteiger partial charge is 0.0475 e. The molecule has 320 valence electrons. The molecule has 0 heterocycles. The fourth-order valence-electron chi connectivity index (χ4n) is 8.02. The maximum atomic E-state index is 3.82. The number of anilines is 4. The van der Waals surface area contributed by atoms with Crippen molar-refractivity contribution in [3.63, 3.8) is 0 Å². The van der Waals surface area contributed by atoms with Gasteiger partial charge in [-0.1, -0.05) is 197 Å². The molecule has 8 aromatic carbocycles. The van der Waals surface area contributed by atoms with Gasteiger partial charge in [-0.15, -0.1) is 23.5 Å². The number of unbranched alkanes of at least 4 members (excludes halogenated alkanes) is 2. The van der Waals surface area contributed by atoms with Gasteiger partial charge >= 0.3 is 0 Å². The molecule has 2 N–H and O–H groups in total. The van der Waals surface area contributed by atoms with Gasteiger partial charge in [0, 0.05) is 55.2 Å². The summed E-state index contributed by atoms with van der Waals surface area (Å²) in [4.78, 5) is 2.74. The summed E-state index contributed by atoms with van der Waals surface area (Å²) >= 11 is 3.91. The van der Waals surface area contributed by atoms with E-state index in [0.29, 0.717) is 0 Å². The second kappa shape index (κ2) is 22.9. The maximum Gasteiger partial charge on any atom is 0.0475 e. The molecule has 2 nitrogen and oxygen atoms in total. The molecule has 0 atom stereocenters. The van der Waals surface area contributed by atoms with Crippen molar-refractivity contribution in [3.05, 3.63) is 228 Å². The molecule has 8 rings (SSSR count). The molecule has 0 bridgehead atoms. The van der Waals surface area contributed by atoms with E-state index in [1.54, 1.807) is 0 Å². The third kappa shape index (κ3) is 11.9. The number of hydrogen-bond acceptors (Lipinski definition) is 4. The quantitative estimate of drug-likeness (QED) is 0.0589. The van der Waals surface area contributed by atoms with Crippen molar-refractivity contribution in [2.45, 2.75) is 73.7 Å². The SMILES string of the molecule is CCCCc1ccc(Nc2ccc(/C=C/c3ccc(Nc4ccc(CCCC)c(SCc5ccccc5)c4-c4ccccc4)cc3)cc2)c(-c2ccccc2)c1SCc1ccccc1. The van der Waals surface area contributed by atoms with Crippen molar-refractivity contribution in [2.24, 2.45) is 0 Å². The van der Waals surface area contributed by atoms with E-state index in [1.165, 1.54) is 80.0 Å². The molecule has 0 aliphatic rings. The lowest BCUT2D eigenvalue weighted by molar-refractivity contribution is 0.786. The first kappa shape index (κ1) is 44.4. The minimum Gasteiger partial charge on any atom is -0.355 e. The first-order valence-corrected chi connectivity index (χ1v) is 24.8. The Bertz CT molecular complexity index is 2510. The van der Waals surface area contributed by atoms with Gasteiger partial charge in [0.15, 0.2) is 0 Å². The first-order chi connectivity index (χ1) is 31.6. The minimum absolute atomic E-state index is 0.932. The van der Waals surface area contributed by atoms with Gasteiger partial charge in [0.1, 0.15) is 0 Å². The Morgan fingerprint density at radius 3 is 1.11 bits per heavy atom. The molecule has 0 aliphatic heterocycles. The number of benzene rings is 8. The molecule has 8 aromatic rings. The van der Waals surface area contributed by atoms with Crippen LogP contribution < -0.4 is 10.6 Å². The Morgan fingerprint density at radius 1 is 0.391 bits per heavy atom. The average molecular weight is 871 g/mol. The first-order valence-electron chi connectivity index (χ1n) is 22.8. The Hall–Kier alpha value is -6.20. The standard InChI is InChI=1S/C60H58N2S2/c1-3-5-23-51-35-41-55(57(49-25-15-9-16-26-49)59(51)63-43-47-19-11-7-12-20-47)61-53-37-31-45(32-38-53)29-30-46-33-39-54(40-34-46)62-56-42-36-52(24-6-4-2)60(58(56)50-27-17-10-18-28-50)64-44-48-21-13-8-14-22-48/h7-22,25-42,61-62H,3-6,23-24,43-44H2,1-2H3/b30-29+. The number of thioether (sulfide) groups is 2. The van der Waals surface area contributed by atoms with Crippen LogP contribution in [0.2, 0.25) is 0 Å². The van der Waals surface area contributed by atoms with Crippen molar-refractivity contribution >= 4 is 58.4 Å². The highest BCUT2D eigenvalue weighted by molar-refractivity contribution is 7.99. The second-order valence-corrected chi connectivity index (χ2v) is 18.2. The lowest BCUT2D eigenvalue weighted by Gasteiger charge is -2.20. The van der Waals surface area contributed by atoms with Crippen LogP contribution in [0.25, 0.3) is 34.4 Å². The topological polar surface area (TPSA) is 24.1 Å². The van der Waals surface area contributed by atoms with Crippen LogP contribution in [0.15, 0.2) is 204 Å². The van der Waals surface area contributed by atoms with Crippen molar-refractivity contribution < 1.29 is 0 Å². The highest BCUT2D eigenvalue weighted by Crippen LogP contribution is 2.44. The largest absolute Gasteiger partial charge is 0.355 e. The van der Waals surface area contributed by atoms with Crippen LogP contribution in [-0.2, 0) is 24.3 Å². The summed E-state index contributed by atoms with van der Waals surface area (Å²) in [5.74, 6) is 1.86. The Morgan fingerprint density at radius 2 is 0.750 bits per heavy atom. The van der Waals surface area contributed by atoms with Crippen LogP contribution in [0.4, 0.5) is 22.7 Å². The lowest BCUT2D eigenvalue weighted by atomic mass is 9.98. The molecule has 64 heavy (non-hydrogen) atoms.